The summed E-state index contributed by atoms with van der Waals surface area (Å²) in [4.78, 5) is 3.77. The molecule has 0 aliphatic carbocycles. The first kappa shape index (κ1) is 8.89. The molecular weight excluding hydrogens is 122 g/mol. The van der Waals surface area contributed by atoms with Crippen molar-refractivity contribution in [3.63, 3.8) is 0 Å². The standard InChI is InChI=1S/C9H13N/c1-4-6-8-9(10-3)7-5-2/h5-8H,2-4H2,1H3/b8-6+,9-7-. The Labute approximate surface area is 62.5 Å². The second-order valence-electron chi connectivity index (χ2n) is 1.80. The molecule has 0 radical (unpaired) electrons. The van der Waals surface area contributed by atoms with E-state index in [1.807, 2.05) is 18.2 Å². The molecule has 1 nitrogen and oxygen atoms in total. The molecule has 0 aliphatic rings. The van der Waals surface area contributed by atoms with Gasteiger partial charge in [0.15, 0.2) is 0 Å². The second kappa shape index (κ2) is 6.02. The van der Waals surface area contributed by atoms with Gasteiger partial charge in [0.1, 0.15) is 0 Å². The highest BCUT2D eigenvalue weighted by molar-refractivity contribution is 5.34. The summed E-state index contributed by atoms with van der Waals surface area (Å²) in [5.41, 5.74) is 0.858. The van der Waals surface area contributed by atoms with Crippen molar-refractivity contribution >= 4 is 6.72 Å². The van der Waals surface area contributed by atoms with Gasteiger partial charge < -0.3 is 0 Å². The predicted molar refractivity (Wildman–Crippen MR) is 47.3 cm³/mol. The van der Waals surface area contributed by atoms with E-state index in [9.17, 15) is 0 Å². The number of nitrogens with zero attached hydrogens (tertiary/aromatic N) is 1. The highest BCUT2D eigenvalue weighted by atomic mass is 14.7. The van der Waals surface area contributed by atoms with Crippen LogP contribution in [0, 0.1) is 0 Å². The Bertz CT molecular complexity index is 164. The zero-order valence-corrected chi connectivity index (χ0v) is 6.38. The second-order valence-corrected chi connectivity index (χ2v) is 1.80. The molecule has 0 rings (SSSR count). The quantitative estimate of drug-likeness (QED) is 0.415. The third-order valence-corrected chi connectivity index (χ3v) is 0.995. The largest absolute Gasteiger partial charge is 0.265 e. The molecule has 0 aromatic carbocycles. The van der Waals surface area contributed by atoms with Gasteiger partial charge in [-0.25, -0.2) is 0 Å². The van der Waals surface area contributed by atoms with Crippen LogP contribution in [0.5, 0.6) is 0 Å². The van der Waals surface area contributed by atoms with Crippen LogP contribution in [0.2, 0.25) is 0 Å². The van der Waals surface area contributed by atoms with E-state index in [0.29, 0.717) is 0 Å². The summed E-state index contributed by atoms with van der Waals surface area (Å²) in [5, 5.41) is 0. The molecule has 0 heterocycles. The average Bonchev–Trinajstić information content (AvgIpc) is 1.98. The Hall–Kier alpha value is -1.11. The van der Waals surface area contributed by atoms with Crippen molar-refractivity contribution in [1.29, 1.82) is 0 Å². The molecule has 0 spiro atoms. The maximum Gasteiger partial charge on any atom is 0.0618 e. The lowest BCUT2D eigenvalue weighted by atomic mass is 10.3. The number of aliphatic imine (C=N–C) groups is 1. The normalized spacial score (nSPS) is 11.9. The molecule has 0 saturated carbocycles. The first-order chi connectivity index (χ1) is 4.85. The average molecular weight is 135 g/mol. The lowest BCUT2D eigenvalue weighted by Crippen LogP contribution is -1.67. The van der Waals surface area contributed by atoms with Crippen LogP contribution < -0.4 is 0 Å². The summed E-state index contributed by atoms with van der Waals surface area (Å²) in [6, 6.07) is 0. The van der Waals surface area contributed by atoms with Crippen molar-refractivity contribution in [3.05, 3.63) is 36.6 Å². The lowest BCUT2D eigenvalue weighted by Gasteiger charge is -1.87. The summed E-state index contributed by atoms with van der Waals surface area (Å²) < 4.78 is 0. The molecule has 0 fully saturated rings. The van der Waals surface area contributed by atoms with E-state index in [-0.39, 0.29) is 0 Å². The summed E-state index contributed by atoms with van der Waals surface area (Å²) >= 11 is 0. The smallest absolute Gasteiger partial charge is 0.0618 e. The van der Waals surface area contributed by atoms with Gasteiger partial charge in [-0.05, 0) is 25.3 Å². The fraction of sp³-hybridized carbons (Fsp3) is 0.222. The van der Waals surface area contributed by atoms with E-state index >= 15 is 0 Å². The van der Waals surface area contributed by atoms with Gasteiger partial charge in [0.2, 0.25) is 0 Å². The Morgan fingerprint density at radius 2 is 2.30 bits per heavy atom. The summed E-state index contributed by atoms with van der Waals surface area (Å²) in [6.45, 7) is 9.05. The van der Waals surface area contributed by atoms with Crippen molar-refractivity contribution in [2.75, 3.05) is 0 Å². The van der Waals surface area contributed by atoms with Crippen LogP contribution in [0.25, 0.3) is 0 Å². The van der Waals surface area contributed by atoms with Gasteiger partial charge in [0, 0.05) is 0 Å². The Morgan fingerprint density at radius 3 is 2.70 bits per heavy atom. The zero-order valence-electron chi connectivity index (χ0n) is 6.38. The number of hydrogen-bond donors (Lipinski definition) is 0. The van der Waals surface area contributed by atoms with Crippen molar-refractivity contribution in [2.45, 2.75) is 13.3 Å². The topological polar surface area (TPSA) is 12.4 Å². The van der Waals surface area contributed by atoms with Crippen molar-refractivity contribution < 1.29 is 0 Å². The fourth-order valence-corrected chi connectivity index (χ4v) is 0.520. The molecule has 0 aromatic rings. The van der Waals surface area contributed by atoms with Crippen LogP contribution in [0.15, 0.2) is 41.6 Å². The summed E-state index contributed by atoms with van der Waals surface area (Å²) in [7, 11) is 0. The third kappa shape index (κ3) is 3.84. The van der Waals surface area contributed by atoms with E-state index in [0.717, 1.165) is 12.1 Å². The SMILES string of the molecule is C=C/C=C(/C=C/CC)N=C. The van der Waals surface area contributed by atoms with Gasteiger partial charge in [-0.2, -0.15) is 0 Å². The molecule has 1 heteroatoms. The molecule has 0 aromatic heterocycles. The molecule has 0 unspecified atom stereocenters. The Kier molecular flexibility index (Phi) is 5.35. The van der Waals surface area contributed by atoms with Crippen LogP contribution in [-0.2, 0) is 0 Å². The molecule has 54 valence electrons. The van der Waals surface area contributed by atoms with Crippen LogP contribution in [0.4, 0.5) is 0 Å². The van der Waals surface area contributed by atoms with Crippen LogP contribution in [0.3, 0.4) is 0 Å². The zero-order chi connectivity index (χ0) is 7.82. The maximum absolute atomic E-state index is 3.77. The molecule has 0 amide bonds. The fourth-order valence-electron chi connectivity index (χ4n) is 0.520. The van der Waals surface area contributed by atoms with Gasteiger partial charge in [-0.1, -0.05) is 25.7 Å². The minimum Gasteiger partial charge on any atom is -0.265 e. The van der Waals surface area contributed by atoms with Crippen LogP contribution >= 0.6 is 0 Å². The van der Waals surface area contributed by atoms with Gasteiger partial charge in [-0.15, -0.1) is 0 Å². The number of rotatable bonds is 4. The van der Waals surface area contributed by atoms with E-state index in [4.69, 9.17) is 0 Å². The van der Waals surface area contributed by atoms with E-state index in [1.165, 1.54) is 0 Å². The monoisotopic (exact) mass is 135 g/mol. The third-order valence-electron chi connectivity index (χ3n) is 0.995. The summed E-state index contributed by atoms with van der Waals surface area (Å²) in [6.07, 6.45) is 8.49. The highest BCUT2D eigenvalue weighted by Gasteiger charge is 1.79. The molecule has 0 atom stereocenters. The summed E-state index contributed by atoms with van der Waals surface area (Å²) in [5.74, 6) is 0. The maximum atomic E-state index is 3.77. The molecule has 0 aliphatic heterocycles. The predicted octanol–water partition coefficient (Wildman–Crippen LogP) is 2.72. The van der Waals surface area contributed by atoms with Gasteiger partial charge in [0.25, 0.3) is 0 Å². The van der Waals surface area contributed by atoms with Gasteiger partial charge in [0.05, 0.1) is 5.70 Å². The van der Waals surface area contributed by atoms with E-state index < -0.39 is 0 Å². The molecular formula is C9H13N. The molecule has 0 N–H and O–H groups in total. The number of hydrogen-bond acceptors (Lipinski definition) is 1. The first-order valence-corrected chi connectivity index (χ1v) is 3.31. The Balaban J connectivity index is 4.07. The Morgan fingerprint density at radius 1 is 1.60 bits per heavy atom. The molecule has 0 saturated heterocycles. The van der Waals surface area contributed by atoms with Crippen molar-refractivity contribution in [3.8, 4) is 0 Å². The minimum absolute atomic E-state index is 0.858. The lowest BCUT2D eigenvalue weighted by molar-refractivity contribution is 1.21. The van der Waals surface area contributed by atoms with Gasteiger partial charge >= 0.3 is 0 Å². The first-order valence-electron chi connectivity index (χ1n) is 3.31. The van der Waals surface area contributed by atoms with Gasteiger partial charge in [-0.3, -0.25) is 4.99 Å². The van der Waals surface area contributed by atoms with Crippen LogP contribution in [-0.4, -0.2) is 6.72 Å². The van der Waals surface area contributed by atoms with Crippen molar-refractivity contribution in [1.82, 2.24) is 0 Å². The molecule has 10 heavy (non-hydrogen) atoms. The minimum atomic E-state index is 0.858. The van der Waals surface area contributed by atoms with E-state index in [1.54, 1.807) is 6.08 Å². The van der Waals surface area contributed by atoms with Crippen LogP contribution in [0.1, 0.15) is 13.3 Å². The van der Waals surface area contributed by atoms with E-state index in [2.05, 4.69) is 25.2 Å². The number of allylic oxidation sites excluding steroid dienone is 4. The highest BCUT2D eigenvalue weighted by Crippen LogP contribution is 1.98. The van der Waals surface area contributed by atoms with Crippen molar-refractivity contribution in [2.24, 2.45) is 4.99 Å². The molecule has 0 bridgehead atoms.